The van der Waals surface area contributed by atoms with Crippen LogP contribution in [0.3, 0.4) is 0 Å². The van der Waals surface area contributed by atoms with Crippen LogP contribution in [0.15, 0.2) is 42.5 Å². The number of carbonyl (C=O) groups is 1. The Labute approximate surface area is 168 Å². The summed E-state index contributed by atoms with van der Waals surface area (Å²) in [7, 11) is 0. The summed E-state index contributed by atoms with van der Waals surface area (Å²) >= 11 is 0. The van der Waals surface area contributed by atoms with Gasteiger partial charge in [-0.15, -0.1) is 0 Å². The zero-order valence-corrected chi connectivity index (χ0v) is 17.1. The maximum absolute atomic E-state index is 12.1. The summed E-state index contributed by atoms with van der Waals surface area (Å²) in [6.07, 6.45) is 0.327. The Hall–Kier alpha value is -2.37. The van der Waals surface area contributed by atoms with Gasteiger partial charge < -0.3 is 19.5 Å². The fourth-order valence-electron chi connectivity index (χ4n) is 2.64. The summed E-state index contributed by atoms with van der Waals surface area (Å²) in [6.45, 7) is 9.37. The number of benzene rings is 2. The molecule has 0 unspecified atom stereocenters. The Morgan fingerprint density at radius 3 is 2.50 bits per heavy atom. The van der Waals surface area contributed by atoms with Crippen molar-refractivity contribution in [2.24, 2.45) is 0 Å². The van der Waals surface area contributed by atoms with Crippen molar-refractivity contribution < 1.29 is 19.0 Å². The zero-order valence-electron chi connectivity index (χ0n) is 17.1. The Kier molecular flexibility index (Phi) is 9.52. The Morgan fingerprint density at radius 2 is 1.71 bits per heavy atom. The molecule has 2 aromatic carbocycles. The molecule has 0 radical (unpaired) electrons. The van der Waals surface area contributed by atoms with Gasteiger partial charge in [-0.3, -0.25) is 4.79 Å². The van der Waals surface area contributed by atoms with Gasteiger partial charge in [0.2, 0.25) is 5.91 Å². The van der Waals surface area contributed by atoms with E-state index in [1.807, 2.05) is 56.3 Å². The summed E-state index contributed by atoms with van der Waals surface area (Å²) < 4.78 is 16.5. The lowest BCUT2D eigenvalue weighted by molar-refractivity contribution is -0.121. The molecule has 2 aromatic rings. The standard InChI is InChI=1S/C23H31NO4/c1-4-26-12-13-27-17-21-7-5-6-20(15-21)16-24-23(25)10-11-28-22-9-8-18(2)19(3)14-22/h5-9,14-15H,4,10-13,16-17H2,1-3H3,(H,24,25). The third-order valence-electron chi connectivity index (χ3n) is 4.40. The number of hydrogen-bond donors (Lipinski definition) is 1. The molecular formula is C23H31NO4. The van der Waals surface area contributed by atoms with Gasteiger partial charge in [0.05, 0.1) is 32.8 Å². The van der Waals surface area contributed by atoms with Gasteiger partial charge in [0.1, 0.15) is 5.75 Å². The van der Waals surface area contributed by atoms with E-state index in [0.717, 1.165) is 16.9 Å². The molecule has 0 heterocycles. The fraction of sp³-hybridized carbons (Fsp3) is 0.435. The average Bonchev–Trinajstić information content (AvgIpc) is 2.69. The van der Waals surface area contributed by atoms with E-state index in [1.54, 1.807) is 0 Å². The van der Waals surface area contributed by atoms with Crippen LogP contribution in [-0.4, -0.2) is 32.3 Å². The van der Waals surface area contributed by atoms with Crippen LogP contribution < -0.4 is 10.1 Å². The van der Waals surface area contributed by atoms with Crippen LogP contribution in [0, 0.1) is 13.8 Å². The van der Waals surface area contributed by atoms with Crippen LogP contribution in [0.4, 0.5) is 0 Å². The Balaban J connectivity index is 1.67. The van der Waals surface area contributed by atoms with Crippen molar-refractivity contribution in [2.45, 2.75) is 40.3 Å². The van der Waals surface area contributed by atoms with Crippen LogP contribution in [0.1, 0.15) is 35.6 Å². The zero-order chi connectivity index (χ0) is 20.2. The molecule has 5 heteroatoms. The predicted molar refractivity (Wildman–Crippen MR) is 110 cm³/mol. The number of rotatable bonds is 12. The van der Waals surface area contributed by atoms with Gasteiger partial charge in [0.15, 0.2) is 0 Å². The lowest BCUT2D eigenvalue weighted by atomic mass is 10.1. The summed E-state index contributed by atoms with van der Waals surface area (Å²) in [5, 5.41) is 2.94. The number of ether oxygens (including phenoxy) is 3. The molecule has 0 atom stereocenters. The van der Waals surface area contributed by atoms with Gasteiger partial charge in [0, 0.05) is 13.2 Å². The number of carbonyl (C=O) groups excluding carboxylic acids is 1. The van der Waals surface area contributed by atoms with Gasteiger partial charge in [-0.25, -0.2) is 0 Å². The normalized spacial score (nSPS) is 10.7. The van der Waals surface area contributed by atoms with Crippen molar-refractivity contribution in [3.63, 3.8) is 0 Å². The molecule has 0 fully saturated rings. The van der Waals surface area contributed by atoms with Crippen LogP contribution >= 0.6 is 0 Å². The summed E-state index contributed by atoms with van der Waals surface area (Å²) in [5.41, 5.74) is 4.55. The lowest BCUT2D eigenvalue weighted by Gasteiger charge is -2.10. The van der Waals surface area contributed by atoms with E-state index in [1.165, 1.54) is 11.1 Å². The van der Waals surface area contributed by atoms with Crippen molar-refractivity contribution in [2.75, 3.05) is 26.4 Å². The van der Waals surface area contributed by atoms with Crippen LogP contribution in [0.5, 0.6) is 5.75 Å². The van der Waals surface area contributed by atoms with E-state index < -0.39 is 0 Å². The first-order valence-corrected chi connectivity index (χ1v) is 9.78. The second-order valence-electron chi connectivity index (χ2n) is 6.69. The maximum Gasteiger partial charge on any atom is 0.223 e. The molecule has 28 heavy (non-hydrogen) atoms. The number of amides is 1. The summed E-state index contributed by atoms with van der Waals surface area (Å²) in [4.78, 5) is 12.1. The average molecular weight is 386 g/mol. The SMILES string of the molecule is CCOCCOCc1cccc(CNC(=O)CCOc2ccc(C)c(C)c2)c1. The summed E-state index contributed by atoms with van der Waals surface area (Å²) in [5.74, 6) is 0.773. The van der Waals surface area contributed by atoms with Gasteiger partial charge in [-0.05, 0) is 55.2 Å². The van der Waals surface area contributed by atoms with Gasteiger partial charge in [-0.1, -0.05) is 30.3 Å². The molecule has 0 aliphatic carbocycles. The van der Waals surface area contributed by atoms with E-state index in [9.17, 15) is 4.79 Å². The monoisotopic (exact) mass is 385 g/mol. The van der Waals surface area contributed by atoms with E-state index in [-0.39, 0.29) is 5.91 Å². The second kappa shape index (κ2) is 12.2. The number of hydrogen-bond acceptors (Lipinski definition) is 4. The highest BCUT2D eigenvalue weighted by Gasteiger charge is 2.04. The minimum atomic E-state index is -0.0257. The Morgan fingerprint density at radius 1 is 0.929 bits per heavy atom. The van der Waals surface area contributed by atoms with E-state index in [4.69, 9.17) is 14.2 Å². The van der Waals surface area contributed by atoms with Gasteiger partial charge >= 0.3 is 0 Å². The van der Waals surface area contributed by atoms with E-state index in [0.29, 0.717) is 46.0 Å². The molecule has 1 N–H and O–H groups in total. The van der Waals surface area contributed by atoms with Crippen molar-refractivity contribution in [1.82, 2.24) is 5.32 Å². The van der Waals surface area contributed by atoms with Crippen molar-refractivity contribution >= 4 is 5.91 Å². The quantitative estimate of drug-likeness (QED) is 0.562. The molecule has 0 aromatic heterocycles. The van der Waals surface area contributed by atoms with E-state index >= 15 is 0 Å². The van der Waals surface area contributed by atoms with Crippen molar-refractivity contribution in [3.8, 4) is 5.75 Å². The minimum absolute atomic E-state index is 0.0257. The maximum atomic E-state index is 12.1. The lowest BCUT2D eigenvalue weighted by Crippen LogP contribution is -2.24. The number of aryl methyl sites for hydroxylation is 2. The first-order valence-electron chi connectivity index (χ1n) is 9.78. The number of nitrogens with one attached hydrogen (secondary N) is 1. The minimum Gasteiger partial charge on any atom is -0.493 e. The second-order valence-corrected chi connectivity index (χ2v) is 6.69. The van der Waals surface area contributed by atoms with Crippen LogP contribution in [-0.2, 0) is 27.4 Å². The molecule has 0 aliphatic rings. The fourth-order valence-corrected chi connectivity index (χ4v) is 2.64. The molecule has 2 rings (SSSR count). The molecule has 152 valence electrons. The first kappa shape index (κ1) is 21.9. The summed E-state index contributed by atoms with van der Waals surface area (Å²) in [6, 6.07) is 14.0. The van der Waals surface area contributed by atoms with Gasteiger partial charge in [-0.2, -0.15) is 0 Å². The predicted octanol–water partition coefficient (Wildman–Crippen LogP) is 3.94. The topological polar surface area (TPSA) is 56.8 Å². The molecule has 0 aliphatic heterocycles. The van der Waals surface area contributed by atoms with Crippen LogP contribution in [0.25, 0.3) is 0 Å². The molecule has 5 nitrogen and oxygen atoms in total. The molecular weight excluding hydrogens is 354 g/mol. The first-order chi connectivity index (χ1) is 13.6. The largest absolute Gasteiger partial charge is 0.493 e. The highest BCUT2D eigenvalue weighted by atomic mass is 16.5. The highest BCUT2D eigenvalue weighted by molar-refractivity contribution is 5.76. The molecule has 0 spiro atoms. The molecule has 1 amide bonds. The van der Waals surface area contributed by atoms with Crippen LogP contribution in [0.2, 0.25) is 0 Å². The molecule has 0 saturated heterocycles. The van der Waals surface area contributed by atoms with E-state index in [2.05, 4.69) is 12.2 Å². The van der Waals surface area contributed by atoms with Crippen molar-refractivity contribution in [3.05, 3.63) is 64.7 Å². The third-order valence-corrected chi connectivity index (χ3v) is 4.40. The molecule has 0 saturated carbocycles. The smallest absolute Gasteiger partial charge is 0.223 e. The van der Waals surface area contributed by atoms with Gasteiger partial charge in [0.25, 0.3) is 0 Å². The third kappa shape index (κ3) is 8.11. The highest BCUT2D eigenvalue weighted by Crippen LogP contribution is 2.16. The van der Waals surface area contributed by atoms with Crippen molar-refractivity contribution in [1.29, 1.82) is 0 Å². The Bertz CT molecular complexity index is 745. The molecule has 0 bridgehead atoms.